The maximum atomic E-state index is 13.3. The molecule has 1 N–H and O–H groups in total. The van der Waals surface area contributed by atoms with Gasteiger partial charge < -0.3 is 15.0 Å². The van der Waals surface area contributed by atoms with Crippen LogP contribution < -0.4 is 10.1 Å². The van der Waals surface area contributed by atoms with Gasteiger partial charge in [-0.1, -0.05) is 61.7 Å². The molecule has 0 aromatic heterocycles. The molecule has 0 radical (unpaired) electrons. The Labute approximate surface area is 194 Å². The van der Waals surface area contributed by atoms with Crippen molar-refractivity contribution in [3.63, 3.8) is 0 Å². The Morgan fingerprint density at radius 1 is 1.03 bits per heavy atom. The Balaban J connectivity index is 2.26. The number of halogens is 2. The summed E-state index contributed by atoms with van der Waals surface area (Å²) in [7, 11) is 1.60. The summed E-state index contributed by atoms with van der Waals surface area (Å²) in [6, 6.07) is 12.0. The number of amides is 2. The second-order valence-corrected chi connectivity index (χ2v) is 8.18. The number of benzene rings is 2. The lowest BCUT2D eigenvalue weighted by molar-refractivity contribution is -0.140. The van der Waals surface area contributed by atoms with Crippen LogP contribution in [0.15, 0.2) is 42.5 Å². The number of hydrogen-bond acceptors (Lipinski definition) is 3. The van der Waals surface area contributed by atoms with Gasteiger partial charge in [-0.2, -0.15) is 0 Å². The molecule has 0 aliphatic carbocycles. The predicted octanol–water partition coefficient (Wildman–Crippen LogP) is 5.27. The Bertz CT molecular complexity index is 872. The first kappa shape index (κ1) is 25.0. The summed E-state index contributed by atoms with van der Waals surface area (Å²) in [6.45, 7) is 4.84. The fourth-order valence-electron chi connectivity index (χ4n) is 3.28. The zero-order chi connectivity index (χ0) is 22.8. The van der Waals surface area contributed by atoms with Crippen molar-refractivity contribution in [3.8, 4) is 5.75 Å². The average Bonchev–Trinajstić information content (AvgIpc) is 2.76. The number of carbonyl (C=O) groups excluding carboxylic acids is 2. The smallest absolute Gasteiger partial charge is 0.242 e. The first-order valence-electron chi connectivity index (χ1n) is 10.5. The van der Waals surface area contributed by atoms with E-state index in [-0.39, 0.29) is 24.8 Å². The number of methoxy groups -OCH3 is 1. The molecule has 0 bridgehead atoms. The molecule has 0 aliphatic heterocycles. The van der Waals surface area contributed by atoms with E-state index in [1.54, 1.807) is 24.1 Å². The van der Waals surface area contributed by atoms with E-state index in [1.807, 2.05) is 37.3 Å². The molecule has 2 aromatic carbocycles. The summed E-state index contributed by atoms with van der Waals surface area (Å²) in [6.07, 6.45) is 2.58. The van der Waals surface area contributed by atoms with Gasteiger partial charge in [0.15, 0.2) is 0 Å². The van der Waals surface area contributed by atoms with Gasteiger partial charge in [0.05, 0.1) is 23.6 Å². The minimum absolute atomic E-state index is 0.131. The highest BCUT2D eigenvalue weighted by atomic mass is 35.5. The molecule has 0 saturated carbocycles. The van der Waals surface area contributed by atoms with Gasteiger partial charge in [0.25, 0.3) is 0 Å². The molecule has 0 saturated heterocycles. The van der Waals surface area contributed by atoms with E-state index < -0.39 is 6.04 Å². The molecule has 0 spiro atoms. The maximum absolute atomic E-state index is 13.3. The maximum Gasteiger partial charge on any atom is 0.242 e. The lowest BCUT2D eigenvalue weighted by atomic mass is 10.1. The van der Waals surface area contributed by atoms with Gasteiger partial charge in [0.1, 0.15) is 11.8 Å². The van der Waals surface area contributed by atoms with Crippen molar-refractivity contribution in [2.24, 2.45) is 0 Å². The third-order valence-electron chi connectivity index (χ3n) is 5.07. The van der Waals surface area contributed by atoms with Crippen LogP contribution in [-0.4, -0.2) is 36.4 Å². The lowest BCUT2D eigenvalue weighted by Crippen LogP contribution is -2.49. The van der Waals surface area contributed by atoms with Crippen LogP contribution in [-0.2, 0) is 22.6 Å². The lowest BCUT2D eigenvalue weighted by Gasteiger charge is -2.31. The first-order chi connectivity index (χ1) is 14.9. The number of nitrogens with one attached hydrogen (secondary N) is 1. The number of unbranched alkanes of at least 4 members (excludes halogenated alkanes) is 1. The molecule has 5 nitrogen and oxygen atoms in total. The SMILES string of the molecule is CCCCNC(=O)C(CC)N(Cc1ccc(Cl)c(Cl)c1)C(=O)Cc1ccc(OC)cc1. The number of ether oxygens (including phenoxy) is 1. The molecule has 1 unspecified atom stereocenters. The fraction of sp³-hybridized carbons (Fsp3) is 0.417. The van der Waals surface area contributed by atoms with Gasteiger partial charge in [-0.05, 0) is 48.2 Å². The average molecular weight is 465 g/mol. The van der Waals surface area contributed by atoms with Crippen LogP contribution in [0.4, 0.5) is 0 Å². The minimum atomic E-state index is -0.572. The topological polar surface area (TPSA) is 58.6 Å². The molecule has 2 amide bonds. The van der Waals surface area contributed by atoms with Gasteiger partial charge in [0, 0.05) is 13.1 Å². The Kier molecular flexibility index (Phi) is 10.2. The summed E-state index contributed by atoms with van der Waals surface area (Å²) in [4.78, 5) is 27.8. The zero-order valence-electron chi connectivity index (χ0n) is 18.3. The summed E-state index contributed by atoms with van der Waals surface area (Å²) in [5.41, 5.74) is 1.67. The molecule has 0 fully saturated rings. The number of nitrogens with zero attached hydrogens (tertiary/aromatic N) is 1. The van der Waals surface area contributed by atoms with Crippen molar-refractivity contribution >= 4 is 35.0 Å². The summed E-state index contributed by atoms with van der Waals surface area (Å²) in [5.74, 6) is 0.457. The normalized spacial score (nSPS) is 11.6. The van der Waals surface area contributed by atoms with Crippen LogP contribution in [0.1, 0.15) is 44.2 Å². The molecule has 0 aliphatic rings. The summed E-state index contributed by atoms with van der Waals surface area (Å²) < 4.78 is 5.18. The second kappa shape index (κ2) is 12.6. The molecule has 1 atom stereocenters. The third kappa shape index (κ3) is 7.44. The van der Waals surface area contributed by atoms with Crippen LogP contribution in [0.2, 0.25) is 10.0 Å². The minimum Gasteiger partial charge on any atom is -0.497 e. The molecule has 2 rings (SSSR count). The fourth-order valence-corrected chi connectivity index (χ4v) is 3.60. The third-order valence-corrected chi connectivity index (χ3v) is 5.81. The van der Waals surface area contributed by atoms with Crippen LogP contribution in [0.3, 0.4) is 0 Å². The number of hydrogen-bond donors (Lipinski definition) is 1. The van der Waals surface area contributed by atoms with Crippen molar-refractivity contribution < 1.29 is 14.3 Å². The highest BCUT2D eigenvalue weighted by Gasteiger charge is 2.28. The molecular formula is C24H30Cl2N2O3. The van der Waals surface area contributed by atoms with Gasteiger partial charge in [-0.3, -0.25) is 9.59 Å². The van der Waals surface area contributed by atoms with Crippen LogP contribution >= 0.6 is 23.2 Å². The van der Waals surface area contributed by atoms with Crippen molar-refractivity contribution in [3.05, 3.63) is 63.6 Å². The van der Waals surface area contributed by atoms with Crippen LogP contribution in [0.5, 0.6) is 5.75 Å². The van der Waals surface area contributed by atoms with E-state index in [0.29, 0.717) is 23.0 Å². The molecule has 2 aromatic rings. The summed E-state index contributed by atoms with van der Waals surface area (Å²) >= 11 is 12.2. The molecule has 31 heavy (non-hydrogen) atoms. The number of rotatable bonds is 11. The van der Waals surface area contributed by atoms with E-state index in [1.165, 1.54) is 0 Å². The van der Waals surface area contributed by atoms with Gasteiger partial charge in [0.2, 0.25) is 11.8 Å². The Morgan fingerprint density at radius 3 is 2.29 bits per heavy atom. The summed E-state index contributed by atoms with van der Waals surface area (Å²) in [5, 5.41) is 3.83. The molecule has 7 heteroatoms. The standard InChI is InChI=1S/C24H30Cl2N2O3/c1-4-6-13-27-24(30)22(5-2)28(16-18-9-12-20(25)21(26)14-18)23(29)15-17-7-10-19(31-3)11-8-17/h7-12,14,22H,4-6,13,15-16H2,1-3H3,(H,27,30). The van der Waals surface area contributed by atoms with Crippen molar-refractivity contribution in [2.75, 3.05) is 13.7 Å². The largest absolute Gasteiger partial charge is 0.497 e. The van der Waals surface area contributed by atoms with E-state index in [2.05, 4.69) is 12.2 Å². The van der Waals surface area contributed by atoms with Gasteiger partial charge in [-0.15, -0.1) is 0 Å². The van der Waals surface area contributed by atoms with E-state index in [0.717, 1.165) is 29.7 Å². The van der Waals surface area contributed by atoms with Crippen molar-refractivity contribution in [1.82, 2.24) is 10.2 Å². The predicted molar refractivity (Wildman–Crippen MR) is 126 cm³/mol. The first-order valence-corrected chi connectivity index (χ1v) is 11.3. The molecular weight excluding hydrogens is 435 g/mol. The van der Waals surface area contributed by atoms with E-state index in [4.69, 9.17) is 27.9 Å². The van der Waals surface area contributed by atoms with Crippen LogP contribution in [0.25, 0.3) is 0 Å². The van der Waals surface area contributed by atoms with Crippen molar-refractivity contribution in [2.45, 2.75) is 52.1 Å². The number of carbonyl (C=O) groups is 2. The highest BCUT2D eigenvalue weighted by Crippen LogP contribution is 2.24. The van der Waals surface area contributed by atoms with Crippen LogP contribution in [0, 0.1) is 0 Å². The zero-order valence-corrected chi connectivity index (χ0v) is 19.8. The second-order valence-electron chi connectivity index (χ2n) is 7.36. The van der Waals surface area contributed by atoms with E-state index >= 15 is 0 Å². The molecule has 168 valence electrons. The van der Waals surface area contributed by atoms with Gasteiger partial charge in [-0.25, -0.2) is 0 Å². The quantitative estimate of drug-likeness (QED) is 0.460. The molecule has 0 heterocycles. The van der Waals surface area contributed by atoms with Gasteiger partial charge >= 0.3 is 0 Å². The Morgan fingerprint density at radius 2 is 1.71 bits per heavy atom. The highest BCUT2D eigenvalue weighted by molar-refractivity contribution is 6.42. The monoisotopic (exact) mass is 464 g/mol. The van der Waals surface area contributed by atoms with E-state index in [9.17, 15) is 9.59 Å². The Hall–Kier alpha value is -2.24. The van der Waals surface area contributed by atoms with Crippen molar-refractivity contribution in [1.29, 1.82) is 0 Å².